The SMILES string of the molecule is C=C(Cc1c(C)cc(C)c(C)c1C)C(C)/C=C(\S)c1ccc2c(c1)CCCC2.C=CN(CC)CC.CC. The second-order valence-electron chi connectivity index (χ2n) is 10.0. The van der Waals surface area contributed by atoms with Crippen LogP contribution >= 0.6 is 12.6 Å². The standard InChI is InChI=1S/C27H34S.C6H13N.C2H6/c1-17(14-26-20(4)13-19(3)21(5)22(26)6)18(2)15-27(28)25-12-11-23-9-7-8-10-24(23)16-25;1-4-7(5-2)6-3;1-2/h11-13,15-16,18,28H,1,7-10,14H2,2-6H3;4H,1,5-6H2,2-3H3;1-2H3/b27-15-;;. The van der Waals surface area contributed by atoms with Crippen LogP contribution in [0.25, 0.3) is 4.91 Å². The third-order valence-electron chi connectivity index (χ3n) is 7.69. The molecule has 0 saturated carbocycles. The number of nitrogens with zero attached hydrogens (tertiary/aromatic N) is 1. The fourth-order valence-corrected chi connectivity index (χ4v) is 5.19. The highest BCUT2D eigenvalue weighted by Gasteiger charge is 2.14. The summed E-state index contributed by atoms with van der Waals surface area (Å²) >= 11 is 4.84. The zero-order valence-electron chi connectivity index (χ0n) is 25.3. The highest BCUT2D eigenvalue weighted by atomic mass is 32.1. The topological polar surface area (TPSA) is 3.24 Å². The second kappa shape index (κ2) is 16.6. The maximum atomic E-state index is 4.84. The van der Waals surface area contributed by atoms with Gasteiger partial charge in [-0.3, -0.25) is 0 Å². The third kappa shape index (κ3) is 9.56. The number of aryl methyl sites for hydroxylation is 4. The number of rotatable bonds is 8. The van der Waals surface area contributed by atoms with Gasteiger partial charge in [0.25, 0.3) is 0 Å². The summed E-state index contributed by atoms with van der Waals surface area (Å²) in [5.74, 6) is 0.295. The van der Waals surface area contributed by atoms with Gasteiger partial charge in [-0.1, -0.05) is 69.8 Å². The summed E-state index contributed by atoms with van der Waals surface area (Å²) in [4.78, 5) is 3.20. The molecular formula is C35H53NS. The first-order valence-electron chi connectivity index (χ1n) is 14.3. The number of hydrogen-bond donors (Lipinski definition) is 1. The van der Waals surface area contributed by atoms with E-state index in [2.05, 4.69) is 96.9 Å². The van der Waals surface area contributed by atoms with Crippen LogP contribution in [0.5, 0.6) is 0 Å². The molecule has 2 aromatic rings. The molecule has 0 aromatic heterocycles. The minimum atomic E-state index is 0.295. The Hall–Kier alpha value is -2.19. The fourth-order valence-electron chi connectivity index (χ4n) is 4.82. The van der Waals surface area contributed by atoms with Crippen LogP contribution in [0.1, 0.15) is 92.0 Å². The molecule has 1 atom stereocenters. The van der Waals surface area contributed by atoms with Crippen molar-refractivity contribution in [2.24, 2.45) is 5.92 Å². The van der Waals surface area contributed by atoms with Crippen molar-refractivity contribution in [2.45, 2.75) is 94.4 Å². The van der Waals surface area contributed by atoms with Crippen molar-refractivity contribution in [3.63, 3.8) is 0 Å². The van der Waals surface area contributed by atoms with Crippen molar-refractivity contribution in [1.29, 1.82) is 0 Å². The molecular weight excluding hydrogens is 466 g/mol. The molecule has 0 bridgehead atoms. The number of allylic oxidation sites excluding steroid dienone is 2. The summed E-state index contributed by atoms with van der Waals surface area (Å²) in [5.41, 5.74) is 12.5. The number of benzene rings is 2. The lowest BCUT2D eigenvalue weighted by molar-refractivity contribution is 0.420. The van der Waals surface area contributed by atoms with E-state index in [9.17, 15) is 0 Å². The van der Waals surface area contributed by atoms with Crippen LogP contribution in [0.4, 0.5) is 0 Å². The molecule has 0 radical (unpaired) electrons. The van der Waals surface area contributed by atoms with Gasteiger partial charge in [-0.05, 0) is 130 Å². The molecule has 1 unspecified atom stereocenters. The Morgan fingerprint density at radius 1 is 0.946 bits per heavy atom. The van der Waals surface area contributed by atoms with Gasteiger partial charge in [-0.15, -0.1) is 12.6 Å². The van der Waals surface area contributed by atoms with Crippen LogP contribution in [0.3, 0.4) is 0 Å². The average Bonchev–Trinajstić information content (AvgIpc) is 2.91. The molecule has 0 fully saturated rings. The Kier molecular flexibility index (Phi) is 14.7. The summed E-state index contributed by atoms with van der Waals surface area (Å²) < 4.78 is 0. The van der Waals surface area contributed by atoms with E-state index < -0.39 is 0 Å². The summed E-state index contributed by atoms with van der Waals surface area (Å²) in [6.45, 7) is 29.6. The molecule has 2 heteroatoms. The van der Waals surface area contributed by atoms with Crippen LogP contribution in [-0.2, 0) is 19.3 Å². The van der Waals surface area contributed by atoms with Crippen LogP contribution in [0, 0.1) is 33.6 Å². The van der Waals surface area contributed by atoms with E-state index in [0.29, 0.717) is 5.92 Å². The lowest BCUT2D eigenvalue weighted by Gasteiger charge is -2.19. The van der Waals surface area contributed by atoms with E-state index in [1.54, 1.807) is 0 Å². The molecule has 0 saturated heterocycles. The zero-order chi connectivity index (χ0) is 28.1. The van der Waals surface area contributed by atoms with Gasteiger partial charge in [0, 0.05) is 18.0 Å². The van der Waals surface area contributed by atoms with Crippen molar-refractivity contribution in [1.82, 2.24) is 4.90 Å². The van der Waals surface area contributed by atoms with Gasteiger partial charge in [0.2, 0.25) is 0 Å². The van der Waals surface area contributed by atoms with Gasteiger partial charge >= 0.3 is 0 Å². The van der Waals surface area contributed by atoms with Crippen LogP contribution in [-0.4, -0.2) is 18.0 Å². The van der Waals surface area contributed by atoms with E-state index in [4.69, 9.17) is 12.6 Å². The number of fused-ring (bicyclic) bond motifs is 1. The van der Waals surface area contributed by atoms with E-state index in [1.807, 2.05) is 20.0 Å². The molecule has 1 nitrogen and oxygen atoms in total. The maximum Gasteiger partial charge on any atom is 0.0143 e. The lowest BCUT2D eigenvalue weighted by atomic mass is 9.87. The highest BCUT2D eigenvalue weighted by molar-refractivity contribution is 7.90. The molecule has 1 aliphatic rings. The first kappa shape index (κ1) is 32.8. The van der Waals surface area contributed by atoms with E-state index in [1.165, 1.54) is 75.8 Å². The molecule has 0 N–H and O–H groups in total. The van der Waals surface area contributed by atoms with E-state index >= 15 is 0 Å². The summed E-state index contributed by atoms with van der Waals surface area (Å²) in [7, 11) is 0. The highest BCUT2D eigenvalue weighted by Crippen LogP contribution is 2.30. The van der Waals surface area contributed by atoms with E-state index in [-0.39, 0.29) is 0 Å². The quantitative estimate of drug-likeness (QED) is 0.268. The Balaban J connectivity index is 0.000000659. The lowest BCUT2D eigenvalue weighted by Crippen LogP contribution is -2.14. The van der Waals surface area contributed by atoms with Crippen molar-refractivity contribution in [3.8, 4) is 0 Å². The monoisotopic (exact) mass is 519 g/mol. The molecule has 3 rings (SSSR count). The predicted octanol–water partition coefficient (Wildman–Crippen LogP) is 10.0. The number of hydrogen-bond acceptors (Lipinski definition) is 2. The Morgan fingerprint density at radius 2 is 1.54 bits per heavy atom. The smallest absolute Gasteiger partial charge is 0.0143 e. The Morgan fingerprint density at radius 3 is 2.08 bits per heavy atom. The summed E-state index contributed by atoms with van der Waals surface area (Å²) in [5, 5.41) is 0. The first-order chi connectivity index (χ1) is 17.6. The third-order valence-corrected chi connectivity index (χ3v) is 8.09. The van der Waals surface area contributed by atoms with Crippen molar-refractivity contribution >= 4 is 17.5 Å². The van der Waals surface area contributed by atoms with Gasteiger partial charge in [0.15, 0.2) is 0 Å². The largest absolute Gasteiger partial charge is 0.378 e. The number of thiol groups is 1. The van der Waals surface area contributed by atoms with Crippen LogP contribution in [0.2, 0.25) is 0 Å². The van der Waals surface area contributed by atoms with E-state index in [0.717, 1.165) is 24.4 Å². The van der Waals surface area contributed by atoms with Gasteiger partial charge < -0.3 is 4.90 Å². The van der Waals surface area contributed by atoms with Gasteiger partial charge in [-0.25, -0.2) is 0 Å². The molecule has 204 valence electrons. The van der Waals surface area contributed by atoms with Gasteiger partial charge in [0.05, 0.1) is 0 Å². The summed E-state index contributed by atoms with van der Waals surface area (Å²) in [6.07, 6.45) is 10.1. The average molecular weight is 520 g/mol. The summed E-state index contributed by atoms with van der Waals surface area (Å²) in [6, 6.07) is 9.19. The Labute approximate surface area is 235 Å². The van der Waals surface area contributed by atoms with Crippen LogP contribution < -0.4 is 0 Å². The second-order valence-corrected chi connectivity index (χ2v) is 10.5. The molecule has 37 heavy (non-hydrogen) atoms. The van der Waals surface area contributed by atoms with Crippen LogP contribution in [0.15, 0.2) is 55.3 Å². The first-order valence-corrected chi connectivity index (χ1v) is 14.7. The minimum absolute atomic E-state index is 0.295. The van der Waals surface area contributed by atoms with Gasteiger partial charge in [-0.2, -0.15) is 0 Å². The molecule has 2 aromatic carbocycles. The van der Waals surface area contributed by atoms with Crippen molar-refractivity contribution < 1.29 is 0 Å². The minimum Gasteiger partial charge on any atom is -0.378 e. The maximum absolute atomic E-state index is 4.84. The Bertz CT molecular complexity index is 1060. The molecule has 0 amide bonds. The fraction of sp³-hybridized carbons (Fsp3) is 0.486. The molecule has 0 heterocycles. The van der Waals surface area contributed by atoms with Gasteiger partial charge in [0.1, 0.15) is 0 Å². The molecule has 0 aliphatic heterocycles. The normalized spacial score (nSPS) is 13.3. The predicted molar refractivity (Wildman–Crippen MR) is 172 cm³/mol. The molecule has 0 spiro atoms. The van der Waals surface area contributed by atoms with Crippen molar-refractivity contribution in [2.75, 3.05) is 13.1 Å². The van der Waals surface area contributed by atoms with Crippen molar-refractivity contribution in [3.05, 3.63) is 99.8 Å². The molecule has 1 aliphatic carbocycles. The zero-order valence-corrected chi connectivity index (χ0v) is 26.2.